The Bertz CT molecular complexity index is 859. The molecule has 0 atom stereocenters. The zero-order valence-electron chi connectivity index (χ0n) is 12.2. The Morgan fingerprint density at radius 1 is 1.26 bits per heavy atom. The van der Waals surface area contributed by atoms with Gasteiger partial charge in [0, 0.05) is 11.2 Å². The third-order valence-electron chi connectivity index (χ3n) is 3.34. The molecule has 3 aromatic rings. The van der Waals surface area contributed by atoms with Gasteiger partial charge in [0.15, 0.2) is 11.6 Å². The largest absolute Gasteiger partial charge is 0.504 e. The molecule has 2 N–H and O–H groups in total. The molecule has 0 unspecified atom stereocenters. The van der Waals surface area contributed by atoms with Crippen molar-refractivity contribution in [2.24, 2.45) is 0 Å². The monoisotopic (exact) mass is 328 g/mol. The number of anilines is 1. The van der Waals surface area contributed by atoms with Crippen LogP contribution in [0.5, 0.6) is 5.75 Å². The number of rotatable bonds is 3. The molecule has 23 heavy (non-hydrogen) atoms. The number of amides is 1. The summed E-state index contributed by atoms with van der Waals surface area (Å²) in [6.45, 7) is 1.79. The highest BCUT2D eigenvalue weighted by Crippen LogP contribution is 2.21. The van der Waals surface area contributed by atoms with Gasteiger partial charge in [-0.05, 0) is 43.3 Å². The second kappa shape index (κ2) is 6.10. The van der Waals surface area contributed by atoms with Crippen molar-refractivity contribution in [1.82, 2.24) is 14.8 Å². The van der Waals surface area contributed by atoms with Crippen molar-refractivity contribution < 1.29 is 9.90 Å². The second-order valence-corrected chi connectivity index (χ2v) is 5.29. The van der Waals surface area contributed by atoms with Gasteiger partial charge < -0.3 is 10.4 Å². The zero-order valence-corrected chi connectivity index (χ0v) is 12.9. The molecule has 0 saturated carbocycles. The summed E-state index contributed by atoms with van der Waals surface area (Å²) < 4.78 is 1.64. The Kier molecular flexibility index (Phi) is 3.99. The Labute approximate surface area is 137 Å². The minimum absolute atomic E-state index is 0.0939. The topological polar surface area (TPSA) is 80.0 Å². The fourth-order valence-corrected chi connectivity index (χ4v) is 2.27. The predicted octanol–water partition coefficient (Wildman–Crippen LogP) is 3.19. The third kappa shape index (κ3) is 3.02. The molecule has 0 aliphatic rings. The standard InChI is InChI=1S/C16H13ClN4O2/c1-10-13(16(23)20-15-14(22)3-2-8-18-15)9-19-21(10)12-6-4-11(17)5-7-12/h2-9,22H,1H3,(H,18,20,23). The normalized spacial score (nSPS) is 10.5. The lowest BCUT2D eigenvalue weighted by Gasteiger charge is -2.07. The number of aromatic hydroxyl groups is 1. The minimum atomic E-state index is -0.392. The van der Waals surface area contributed by atoms with Crippen LogP contribution in [0, 0.1) is 6.92 Å². The van der Waals surface area contributed by atoms with Gasteiger partial charge in [-0.25, -0.2) is 9.67 Å². The van der Waals surface area contributed by atoms with Crippen molar-refractivity contribution in [1.29, 1.82) is 0 Å². The number of pyridine rings is 1. The first-order valence-electron chi connectivity index (χ1n) is 6.82. The molecule has 3 rings (SSSR count). The average molecular weight is 329 g/mol. The van der Waals surface area contributed by atoms with Gasteiger partial charge in [-0.15, -0.1) is 0 Å². The number of carbonyl (C=O) groups excluding carboxylic acids is 1. The van der Waals surface area contributed by atoms with Gasteiger partial charge in [-0.2, -0.15) is 5.10 Å². The van der Waals surface area contributed by atoms with Crippen LogP contribution in [0.1, 0.15) is 16.1 Å². The SMILES string of the molecule is Cc1c(C(=O)Nc2ncccc2O)cnn1-c1ccc(Cl)cc1. The van der Waals surface area contributed by atoms with E-state index >= 15 is 0 Å². The maximum atomic E-state index is 12.3. The molecule has 7 heteroatoms. The molecular weight excluding hydrogens is 316 g/mol. The van der Waals surface area contributed by atoms with Crippen molar-refractivity contribution in [3.8, 4) is 11.4 Å². The van der Waals surface area contributed by atoms with E-state index in [1.54, 1.807) is 29.8 Å². The van der Waals surface area contributed by atoms with Crippen LogP contribution in [0.4, 0.5) is 5.82 Å². The molecule has 0 saturated heterocycles. The van der Waals surface area contributed by atoms with Crippen LogP contribution in [0.25, 0.3) is 5.69 Å². The van der Waals surface area contributed by atoms with Crippen LogP contribution in [0.3, 0.4) is 0 Å². The van der Waals surface area contributed by atoms with Crippen LogP contribution in [-0.2, 0) is 0 Å². The Morgan fingerprint density at radius 3 is 2.70 bits per heavy atom. The van der Waals surface area contributed by atoms with Crippen molar-refractivity contribution in [2.45, 2.75) is 6.92 Å². The quantitative estimate of drug-likeness (QED) is 0.773. The lowest BCUT2D eigenvalue weighted by Crippen LogP contribution is -2.14. The summed E-state index contributed by atoms with van der Waals surface area (Å²) >= 11 is 5.88. The van der Waals surface area contributed by atoms with Gasteiger partial charge in [0.25, 0.3) is 5.91 Å². The first-order chi connectivity index (χ1) is 11.1. The summed E-state index contributed by atoms with van der Waals surface area (Å²) in [6, 6.07) is 10.2. The summed E-state index contributed by atoms with van der Waals surface area (Å²) in [5.74, 6) is -0.378. The van der Waals surface area contributed by atoms with Crippen molar-refractivity contribution in [3.63, 3.8) is 0 Å². The van der Waals surface area contributed by atoms with E-state index in [4.69, 9.17) is 11.6 Å². The molecular formula is C16H13ClN4O2. The molecule has 2 heterocycles. The second-order valence-electron chi connectivity index (χ2n) is 4.86. The van der Waals surface area contributed by atoms with E-state index in [1.807, 2.05) is 12.1 Å². The molecule has 0 aliphatic carbocycles. The molecule has 0 spiro atoms. The van der Waals surface area contributed by atoms with Gasteiger partial charge in [0.2, 0.25) is 0 Å². The summed E-state index contributed by atoms with van der Waals surface area (Å²) in [7, 11) is 0. The Morgan fingerprint density at radius 2 is 2.00 bits per heavy atom. The van der Waals surface area contributed by atoms with Crippen LogP contribution in [-0.4, -0.2) is 25.8 Å². The van der Waals surface area contributed by atoms with Crippen LogP contribution < -0.4 is 5.32 Å². The minimum Gasteiger partial charge on any atom is -0.504 e. The highest BCUT2D eigenvalue weighted by atomic mass is 35.5. The maximum Gasteiger partial charge on any atom is 0.260 e. The number of hydrogen-bond acceptors (Lipinski definition) is 4. The lowest BCUT2D eigenvalue weighted by atomic mass is 10.2. The first kappa shape index (κ1) is 15.1. The van der Waals surface area contributed by atoms with E-state index in [0.717, 1.165) is 5.69 Å². The first-order valence-corrected chi connectivity index (χ1v) is 7.20. The van der Waals surface area contributed by atoms with Crippen LogP contribution >= 0.6 is 11.6 Å². The molecule has 6 nitrogen and oxygen atoms in total. The number of nitrogens with zero attached hydrogens (tertiary/aromatic N) is 3. The molecule has 1 amide bonds. The van der Waals surface area contributed by atoms with Crippen LogP contribution in [0.2, 0.25) is 5.02 Å². The molecule has 2 aromatic heterocycles. The molecule has 0 radical (unpaired) electrons. The molecule has 0 fully saturated rings. The Balaban J connectivity index is 1.88. The van der Waals surface area contributed by atoms with Gasteiger partial charge in [0.1, 0.15) is 0 Å². The third-order valence-corrected chi connectivity index (χ3v) is 3.60. The summed E-state index contributed by atoms with van der Waals surface area (Å²) in [4.78, 5) is 16.3. The van der Waals surface area contributed by atoms with E-state index in [9.17, 15) is 9.90 Å². The number of hydrogen-bond donors (Lipinski definition) is 2. The van der Waals surface area contributed by atoms with Gasteiger partial charge >= 0.3 is 0 Å². The zero-order chi connectivity index (χ0) is 16.4. The van der Waals surface area contributed by atoms with E-state index in [-0.39, 0.29) is 11.6 Å². The van der Waals surface area contributed by atoms with Crippen molar-refractivity contribution >= 4 is 23.3 Å². The molecule has 0 aliphatic heterocycles. The fourth-order valence-electron chi connectivity index (χ4n) is 2.14. The van der Waals surface area contributed by atoms with Gasteiger partial charge in [0.05, 0.1) is 23.1 Å². The highest BCUT2D eigenvalue weighted by Gasteiger charge is 2.16. The van der Waals surface area contributed by atoms with E-state index < -0.39 is 5.91 Å². The van der Waals surface area contributed by atoms with Gasteiger partial charge in [-0.3, -0.25) is 4.79 Å². The molecule has 116 valence electrons. The maximum absolute atomic E-state index is 12.3. The summed E-state index contributed by atoms with van der Waals surface area (Å²) in [5.41, 5.74) is 1.86. The fraction of sp³-hybridized carbons (Fsp3) is 0.0625. The predicted molar refractivity (Wildman–Crippen MR) is 87.2 cm³/mol. The van der Waals surface area contributed by atoms with E-state index in [1.165, 1.54) is 18.5 Å². The van der Waals surface area contributed by atoms with Crippen LogP contribution in [0.15, 0.2) is 48.8 Å². The smallest absolute Gasteiger partial charge is 0.260 e. The Hall–Kier alpha value is -2.86. The number of benzene rings is 1. The molecule has 1 aromatic carbocycles. The van der Waals surface area contributed by atoms with Gasteiger partial charge in [-0.1, -0.05) is 11.6 Å². The van der Waals surface area contributed by atoms with Crippen molar-refractivity contribution in [3.05, 3.63) is 65.1 Å². The highest BCUT2D eigenvalue weighted by molar-refractivity contribution is 6.30. The summed E-state index contributed by atoms with van der Waals surface area (Å²) in [5, 5.41) is 17.1. The van der Waals surface area contributed by atoms with E-state index in [2.05, 4.69) is 15.4 Å². The lowest BCUT2D eigenvalue weighted by molar-refractivity contribution is 0.102. The van der Waals surface area contributed by atoms with E-state index in [0.29, 0.717) is 16.3 Å². The van der Waals surface area contributed by atoms with Crippen molar-refractivity contribution in [2.75, 3.05) is 5.32 Å². The number of halogens is 1. The number of nitrogens with one attached hydrogen (secondary N) is 1. The average Bonchev–Trinajstić information content (AvgIpc) is 2.92. The number of aromatic nitrogens is 3. The number of carbonyl (C=O) groups is 1. The summed E-state index contributed by atoms with van der Waals surface area (Å²) in [6.07, 6.45) is 2.96. The molecule has 0 bridgehead atoms.